The summed E-state index contributed by atoms with van der Waals surface area (Å²) in [6.45, 7) is 0.406. The van der Waals surface area contributed by atoms with Gasteiger partial charge in [0.25, 0.3) is 0 Å². The molecule has 8 heteroatoms. The molecule has 2 fully saturated rings. The number of halogens is 1. The van der Waals surface area contributed by atoms with Crippen LogP contribution in [0.1, 0.15) is 53.7 Å². The third-order valence-electron chi connectivity index (χ3n) is 5.46. The number of carbonyl (C=O) groups excluding carboxylic acids is 1. The molecular weight excluding hydrogens is 351 g/mol. The number of carbonyl (C=O) groups is 1. The molecule has 27 heavy (non-hydrogen) atoms. The smallest absolute Gasteiger partial charge is 0.201 e. The number of fused-ring (bicyclic) bond motifs is 1. The predicted molar refractivity (Wildman–Crippen MR) is 98.6 cm³/mol. The van der Waals surface area contributed by atoms with Crippen LogP contribution in [0.5, 0.6) is 0 Å². The number of rotatable bonds is 5. The Hall–Kier alpha value is -2.61. The second-order valence-corrected chi connectivity index (χ2v) is 7.23. The van der Waals surface area contributed by atoms with Crippen molar-refractivity contribution in [1.29, 1.82) is 0 Å². The van der Waals surface area contributed by atoms with E-state index in [1.54, 1.807) is 6.20 Å². The summed E-state index contributed by atoms with van der Waals surface area (Å²) in [6, 6.07) is 1.41. The third-order valence-corrected chi connectivity index (χ3v) is 5.46. The molecule has 0 aromatic carbocycles. The first-order valence-electron chi connectivity index (χ1n) is 9.07. The molecule has 0 saturated heterocycles. The highest BCUT2D eigenvalue weighted by atomic mass is 19.1. The van der Waals surface area contributed by atoms with E-state index in [1.165, 1.54) is 13.2 Å². The van der Waals surface area contributed by atoms with Gasteiger partial charge in [0, 0.05) is 30.6 Å². The Balaban J connectivity index is 1.85. The topological polar surface area (TPSA) is 99.6 Å². The Morgan fingerprint density at radius 1 is 1.48 bits per heavy atom. The van der Waals surface area contributed by atoms with E-state index in [9.17, 15) is 14.0 Å². The van der Waals surface area contributed by atoms with Gasteiger partial charge in [-0.2, -0.15) is 0 Å². The number of pyridine rings is 2. The van der Waals surface area contributed by atoms with Crippen molar-refractivity contribution in [1.82, 2.24) is 9.55 Å². The summed E-state index contributed by atoms with van der Waals surface area (Å²) >= 11 is 0. The summed E-state index contributed by atoms with van der Waals surface area (Å²) in [5.41, 5.74) is 6.92. The molecule has 2 atom stereocenters. The van der Waals surface area contributed by atoms with Gasteiger partial charge in [-0.3, -0.25) is 9.59 Å². The number of oxime groups is 1. The van der Waals surface area contributed by atoms with Gasteiger partial charge in [0.2, 0.25) is 5.43 Å². The molecule has 0 amide bonds. The molecule has 2 aliphatic carbocycles. The minimum absolute atomic E-state index is 0.0231. The Bertz CT molecular complexity index is 997. The normalized spacial score (nSPS) is 23.9. The quantitative estimate of drug-likeness (QED) is 0.640. The minimum Gasteiger partial charge on any atom is -0.399 e. The van der Waals surface area contributed by atoms with Gasteiger partial charge in [-0.1, -0.05) is 5.16 Å². The Morgan fingerprint density at radius 3 is 2.89 bits per heavy atom. The number of nitrogens with zero attached hydrogens (tertiary/aromatic N) is 3. The van der Waals surface area contributed by atoms with Crippen LogP contribution < -0.4 is 11.2 Å². The van der Waals surface area contributed by atoms with E-state index in [4.69, 9.17) is 10.6 Å². The van der Waals surface area contributed by atoms with Gasteiger partial charge >= 0.3 is 0 Å². The van der Waals surface area contributed by atoms with Gasteiger partial charge in [0.15, 0.2) is 6.29 Å². The van der Waals surface area contributed by atoms with Crippen molar-refractivity contribution in [2.75, 3.05) is 13.7 Å². The fraction of sp³-hybridized carbons (Fsp3) is 0.474. The van der Waals surface area contributed by atoms with Gasteiger partial charge in [0.05, 0.1) is 22.4 Å². The zero-order valence-corrected chi connectivity index (χ0v) is 15.0. The van der Waals surface area contributed by atoms with Crippen molar-refractivity contribution >= 4 is 23.0 Å². The van der Waals surface area contributed by atoms with E-state index >= 15 is 0 Å². The van der Waals surface area contributed by atoms with E-state index in [2.05, 4.69) is 10.1 Å². The lowest BCUT2D eigenvalue weighted by Gasteiger charge is -2.15. The monoisotopic (exact) mass is 372 g/mol. The lowest BCUT2D eigenvalue weighted by atomic mass is 10.00. The van der Waals surface area contributed by atoms with E-state index in [1.807, 2.05) is 4.57 Å². The van der Waals surface area contributed by atoms with Crippen LogP contribution in [-0.4, -0.2) is 35.2 Å². The van der Waals surface area contributed by atoms with Crippen LogP contribution in [0, 0.1) is 11.7 Å². The predicted octanol–water partition coefficient (Wildman–Crippen LogP) is 2.14. The number of hydrogen-bond donors (Lipinski definition) is 1. The summed E-state index contributed by atoms with van der Waals surface area (Å²) in [6.07, 6.45) is 5.11. The van der Waals surface area contributed by atoms with Crippen molar-refractivity contribution in [3.63, 3.8) is 0 Å². The van der Waals surface area contributed by atoms with E-state index in [-0.39, 0.29) is 28.8 Å². The molecule has 2 heterocycles. The molecular formula is C19H21FN4O3. The first kappa shape index (κ1) is 17.8. The first-order valence-corrected chi connectivity index (χ1v) is 9.07. The molecule has 2 aromatic rings. The average Bonchev–Trinajstić information content (AvgIpc) is 3.43. The van der Waals surface area contributed by atoms with Crippen LogP contribution in [0.2, 0.25) is 0 Å². The maximum Gasteiger partial charge on any atom is 0.201 e. The molecule has 2 N–H and O–H groups in total. The lowest BCUT2D eigenvalue weighted by Crippen LogP contribution is -2.18. The summed E-state index contributed by atoms with van der Waals surface area (Å²) in [5, 5.41) is 4.17. The first-order chi connectivity index (χ1) is 13.1. The van der Waals surface area contributed by atoms with Gasteiger partial charge in [-0.15, -0.1) is 0 Å². The molecule has 0 spiro atoms. The highest BCUT2D eigenvalue weighted by Crippen LogP contribution is 2.39. The van der Waals surface area contributed by atoms with Crippen molar-refractivity contribution in [3.05, 3.63) is 39.6 Å². The van der Waals surface area contributed by atoms with Crippen LogP contribution in [0.3, 0.4) is 0 Å². The Labute approximate surface area is 155 Å². The molecule has 0 aliphatic heterocycles. The SMILES string of the molecule is CO/N=C1\CC(c2nc3c(cc2F)c(=O)c(C=O)cn3C2CC2)CC1CN. The summed E-state index contributed by atoms with van der Waals surface area (Å²) in [5.74, 6) is -0.690. The van der Waals surface area contributed by atoms with Crippen molar-refractivity contribution in [2.24, 2.45) is 16.8 Å². The molecule has 0 radical (unpaired) electrons. The minimum atomic E-state index is -0.538. The fourth-order valence-corrected chi connectivity index (χ4v) is 3.93. The highest BCUT2D eigenvalue weighted by Gasteiger charge is 2.35. The van der Waals surface area contributed by atoms with Crippen molar-refractivity contribution in [2.45, 2.75) is 37.6 Å². The second kappa shape index (κ2) is 6.84. The summed E-state index contributed by atoms with van der Waals surface area (Å²) in [4.78, 5) is 33.1. The molecule has 7 nitrogen and oxygen atoms in total. The van der Waals surface area contributed by atoms with Crippen molar-refractivity contribution < 1.29 is 14.0 Å². The Morgan fingerprint density at radius 2 is 2.26 bits per heavy atom. The zero-order valence-electron chi connectivity index (χ0n) is 15.0. The van der Waals surface area contributed by atoms with Crippen molar-refractivity contribution in [3.8, 4) is 0 Å². The number of aldehydes is 1. The largest absolute Gasteiger partial charge is 0.399 e. The van der Waals surface area contributed by atoms with Crippen LogP contribution in [-0.2, 0) is 4.84 Å². The molecule has 4 rings (SSSR count). The van der Waals surface area contributed by atoms with Crippen LogP contribution in [0.25, 0.3) is 11.0 Å². The molecule has 2 aromatic heterocycles. The van der Waals surface area contributed by atoms with Gasteiger partial charge in [-0.05, 0) is 31.7 Å². The molecule has 2 unspecified atom stereocenters. The molecule has 2 saturated carbocycles. The van der Waals surface area contributed by atoms with E-state index in [0.29, 0.717) is 37.0 Å². The maximum absolute atomic E-state index is 14.9. The zero-order chi connectivity index (χ0) is 19.1. The average molecular weight is 372 g/mol. The summed E-state index contributed by atoms with van der Waals surface area (Å²) < 4.78 is 16.7. The molecule has 2 aliphatic rings. The van der Waals surface area contributed by atoms with E-state index < -0.39 is 11.2 Å². The summed E-state index contributed by atoms with van der Waals surface area (Å²) in [7, 11) is 1.47. The van der Waals surface area contributed by atoms with Gasteiger partial charge < -0.3 is 15.1 Å². The van der Waals surface area contributed by atoms with Crippen LogP contribution >= 0.6 is 0 Å². The highest BCUT2D eigenvalue weighted by molar-refractivity contribution is 5.90. The van der Waals surface area contributed by atoms with Crippen LogP contribution in [0.4, 0.5) is 4.39 Å². The molecule has 142 valence electrons. The lowest BCUT2D eigenvalue weighted by molar-refractivity contribution is 0.112. The third kappa shape index (κ3) is 3.03. The van der Waals surface area contributed by atoms with Crippen LogP contribution in [0.15, 0.2) is 22.2 Å². The second-order valence-electron chi connectivity index (χ2n) is 7.23. The van der Waals surface area contributed by atoms with E-state index in [0.717, 1.165) is 18.6 Å². The fourth-order valence-electron chi connectivity index (χ4n) is 3.93. The maximum atomic E-state index is 14.9. The molecule has 0 bridgehead atoms. The Kier molecular flexibility index (Phi) is 4.51. The standard InChI is InChI=1S/C19H21FN4O3/c1-27-23-16-5-10(4-11(16)7-21)17-15(20)6-14-18(26)12(9-25)8-24(13-2-3-13)19(14)22-17/h6,8-11,13H,2-5,7,21H2,1H3/b23-16+. The van der Waals surface area contributed by atoms with Gasteiger partial charge in [0.1, 0.15) is 18.6 Å². The number of hydrogen-bond acceptors (Lipinski definition) is 6. The number of nitrogens with two attached hydrogens (primary N) is 1. The van der Waals surface area contributed by atoms with Gasteiger partial charge in [-0.25, -0.2) is 9.37 Å². The number of aromatic nitrogens is 2.